The Balaban J connectivity index is 2.90. The molecule has 0 bridgehead atoms. The first kappa shape index (κ1) is 11.4. The average Bonchev–Trinajstić information content (AvgIpc) is 2.08. The van der Waals surface area contributed by atoms with Gasteiger partial charge in [0, 0.05) is 0 Å². The van der Waals surface area contributed by atoms with Crippen LogP contribution in [0.2, 0.25) is 15.2 Å². The molecule has 0 aliphatic carbocycles. The molecule has 7 heteroatoms. The van der Waals surface area contributed by atoms with Crippen molar-refractivity contribution in [2.24, 2.45) is 0 Å². The smallest absolute Gasteiger partial charge is 0.341 e. The molecule has 4 nitrogen and oxygen atoms in total. The van der Waals surface area contributed by atoms with Crippen molar-refractivity contribution < 1.29 is 14.6 Å². The number of ether oxygens (including phenoxy) is 1. The van der Waals surface area contributed by atoms with E-state index in [1.54, 1.807) is 0 Å². The highest BCUT2D eigenvalue weighted by Crippen LogP contribution is 2.32. The maximum Gasteiger partial charge on any atom is 0.341 e. The monoisotopic (exact) mass is 255 g/mol. The van der Waals surface area contributed by atoms with Crippen LogP contribution < -0.4 is 4.74 Å². The van der Waals surface area contributed by atoms with E-state index in [9.17, 15) is 4.79 Å². The van der Waals surface area contributed by atoms with E-state index >= 15 is 0 Å². The molecule has 1 N–H and O–H groups in total. The minimum Gasteiger partial charge on any atom is -0.479 e. The van der Waals surface area contributed by atoms with E-state index < -0.39 is 12.6 Å². The molecule has 0 aliphatic heterocycles. The van der Waals surface area contributed by atoms with Gasteiger partial charge in [-0.1, -0.05) is 34.8 Å². The summed E-state index contributed by atoms with van der Waals surface area (Å²) >= 11 is 16.9. The molecule has 1 aromatic rings. The lowest BCUT2D eigenvalue weighted by atomic mass is 10.5. The second-order valence-corrected chi connectivity index (χ2v) is 3.40. The highest BCUT2D eigenvalue weighted by Gasteiger charge is 2.11. The molecule has 0 fully saturated rings. The zero-order valence-corrected chi connectivity index (χ0v) is 8.90. The fraction of sp³-hybridized carbons (Fsp3) is 0.143. The number of aliphatic carboxylic acids is 1. The fourth-order valence-electron chi connectivity index (χ4n) is 0.674. The number of nitrogens with zero attached hydrogens (tertiary/aromatic N) is 1. The molecule has 0 aliphatic rings. The van der Waals surface area contributed by atoms with E-state index in [0.717, 1.165) is 0 Å². The number of hydrogen-bond acceptors (Lipinski definition) is 3. The minimum absolute atomic E-state index is 0.0392. The lowest BCUT2D eigenvalue weighted by molar-refractivity contribution is -0.139. The average molecular weight is 256 g/mol. The van der Waals surface area contributed by atoms with Crippen molar-refractivity contribution in [2.45, 2.75) is 0 Å². The van der Waals surface area contributed by atoms with Crippen molar-refractivity contribution in [3.05, 3.63) is 21.3 Å². The van der Waals surface area contributed by atoms with Crippen LogP contribution in [-0.4, -0.2) is 22.7 Å². The summed E-state index contributed by atoms with van der Waals surface area (Å²) < 4.78 is 4.75. The molecule has 0 radical (unpaired) electrons. The topological polar surface area (TPSA) is 59.4 Å². The van der Waals surface area contributed by atoms with E-state index in [0.29, 0.717) is 0 Å². The SMILES string of the molecule is O=C(O)COc1nc(Cl)cc(Cl)c1Cl. The van der Waals surface area contributed by atoms with E-state index in [4.69, 9.17) is 44.6 Å². The van der Waals surface area contributed by atoms with Gasteiger partial charge in [0.1, 0.15) is 10.2 Å². The summed E-state index contributed by atoms with van der Waals surface area (Å²) in [4.78, 5) is 13.9. The zero-order valence-electron chi connectivity index (χ0n) is 6.63. The maximum atomic E-state index is 10.2. The number of aromatic nitrogens is 1. The van der Waals surface area contributed by atoms with Gasteiger partial charge in [-0.05, 0) is 6.07 Å². The molecule has 0 spiro atoms. The van der Waals surface area contributed by atoms with E-state index in [-0.39, 0.29) is 21.1 Å². The zero-order chi connectivity index (χ0) is 10.7. The molecule has 0 saturated carbocycles. The molecule has 1 heterocycles. The Hall–Kier alpha value is -0.710. The van der Waals surface area contributed by atoms with Crippen LogP contribution in [-0.2, 0) is 4.79 Å². The van der Waals surface area contributed by atoms with Crippen molar-refractivity contribution in [1.82, 2.24) is 4.98 Å². The largest absolute Gasteiger partial charge is 0.479 e. The first-order valence-electron chi connectivity index (χ1n) is 3.37. The van der Waals surface area contributed by atoms with Crippen molar-refractivity contribution in [3.8, 4) is 5.88 Å². The lowest BCUT2D eigenvalue weighted by Gasteiger charge is -2.05. The summed E-state index contributed by atoms with van der Waals surface area (Å²) in [6, 6.07) is 1.33. The van der Waals surface area contributed by atoms with E-state index in [1.165, 1.54) is 6.07 Å². The Bertz CT molecular complexity index is 369. The quantitative estimate of drug-likeness (QED) is 0.844. The number of carbonyl (C=O) groups is 1. The standard InChI is InChI=1S/C7H4Cl3NO3/c8-3-1-4(9)11-7(6(3)10)14-2-5(12)13/h1H,2H2,(H,12,13). The van der Waals surface area contributed by atoms with Crippen LogP contribution in [0.15, 0.2) is 6.07 Å². The third-order valence-corrected chi connectivity index (χ3v) is 2.14. The maximum absolute atomic E-state index is 10.2. The molecule has 14 heavy (non-hydrogen) atoms. The van der Waals surface area contributed by atoms with Gasteiger partial charge in [0.25, 0.3) is 0 Å². The number of carboxylic acids is 1. The number of hydrogen-bond donors (Lipinski definition) is 1. The van der Waals surface area contributed by atoms with Crippen molar-refractivity contribution >= 4 is 40.8 Å². The second-order valence-electron chi connectivity index (χ2n) is 2.23. The van der Waals surface area contributed by atoms with Gasteiger partial charge in [-0.3, -0.25) is 0 Å². The highest BCUT2D eigenvalue weighted by molar-refractivity contribution is 6.43. The van der Waals surface area contributed by atoms with Gasteiger partial charge in [-0.15, -0.1) is 0 Å². The Morgan fingerprint density at radius 2 is 2.14 bits per heavy atom. The van der Waals surface area contributed by atoms with Crippen molar-refractivity contribution in [1.29, 1.82) is 0 Å². The summed E-state index contributed by atoms with van der Waals surface area (Å²) in [7, 11) is 0. The summed E-state index contributed by atoms with van der Waals surface area (Å²) in [5.74, 6) is -1.23. The number of halogens is 3. The Morgan fingerprint density at radius 1 is 1.50 bits per heavy atom. The molecule has 0 atom stereocenters. The Morgan fingerprint density at radius 3 is 2.71 bits per heavy atom. The van der Waals surface area contributed by atoms with Crippen LogP contribution in [0.4, 0.5) is 0 Å². The third-order valence-electron chi connectivity index (χ3n) is 1.18. The molecular weight excluding hydrogens is 252 g/mol. The summed E-state index contributed by atoms with van der Waals surface area (Å²) in [6.07, 6.45) is 0. The molecule has 76 valence electrons. The highest BCUT2D eigenvalue weighted by atomic mass is 35.5. The Labute approximate surface area is 94.4 Å². The van der Waals surface area contributed by atoms with Crippen LogP contribution in [0.3, 0.4) is 0 Å². The molecule has 0 aromatic carbocycles. The number of rotatable bonds is 3. The molecule has 0 saturated heterocycles. The van der Waals surface area contributed by atoms with E-state index in [1.807, 2.05) is 0 Å². The van der Waals surface area contributed by atoms with Crippen LogP contribution >= 0.6 is 34.8 Å². The predicted molar refractivity (Wildman–Crippen MR) is 52.4 cm³/mol. The second kappa shape index (κ2) is 4.68. The van der Waals surface area contributed by atoms with Crippen LogP contribution in [0.25, 0.3) is 0 Å². The van der Waals surface area contributed by atoms with Gasteiger partial charge < -0.3 is 9.84 Å². The van der Waals surface area contributed by atoms with Crippen molar-refractivity contribution in [3.63, 3.8) is 0 Å². The minimum atomic E-state index is -1.14. The first-order chi connectivity index (χ1) is 6.50. The van der Waals surface area contributed by atoms with Gasteiger partial charge in [-0.2, -0.15) is 0 Å². The molecule has 0 unspecified atom stereocenters. The van der Waals surface area contributed by atoms with Gasteiger partial charge in [0.05, 0.1) is 5.02 Å². The van der Waals surface area contributed by atoms with Gasteiger partial charge in [0.15, 0.2) is 6.61 Å². The summed E-state index contributed by atoms with van der Waals surface area (Å²) in [6.45, 7) is -0.552. The Kier molecular flexibility index (Phi) is 3.80. The van der Waals surface area contributed by atoms with Crippen LogP contribution in [0.1, 0.15) is 0 Å². The first-order valence-corrected chi connectivity index (χ1v) is 4.50. The lowest BCUT2D eigenvalue weighted by Crippen LogP contribution is -2.10. The normalized spacial score (nSPS) is 9.93. The predicted octanol–water partition coefficient (Wildman–Crippen LogP) is 2.51. The van der Waals surface area contributed by atoms with Crippen molar-refractivity contribution in [2.75, 3.05) is 6.61 Å². The molecular formula is C7H4Cl3NO3. The number of carboxylic acid groups (broad SMARTS) is 1. The summed E-state index contributed by atoms with van der Waals surface area (Å²) in [5.41, 5.74) is 0. The number of pyridine rings is 1. The van der Waals surface area contributed by atoms with Gasteiger partial charge >= 0.3 is 5.97 Å². The van der Waals surface area contributed by atoms with Gasteiger partial charge in [0.2, 0.25) is 5.88 Å². The summed E-state index contributed by atoms with van der Waals surface area (Å²) in [5, 5.41) is 8.62. The van der Waals surface area contributed by atoms with Crippen LogP contribution in [0, 0.1) is 0 Å². The third kappa shape index (κ3) is 2.90. The molecule has 1 rings (SSSR count). The fourth-order valence-corrected chi connectivity index (χ4v) is 1.25. The van der Waals surface area contributed by atoms with Crippen LogP contribution in [0.5, 0.6) is 5.88 Å². The van der Waals surface area contributed by atoms with E-state index in [2.05, 4.69) is 4.98 Å². The molecule has 1 aromatic heterocycles. The van der Waals surface area contributed by atoms with Gasteiger partial charge in [-0.25, -0.2) is 9.78 Å². The molecule has 0 amide bonds.